The number of carbonyl (C=O) groups excluding carboxylic acids is 1. The molecule has 1 aliphatic heterocycles. The summed E-state index contributed by atoms with van der Waals surface area (Å²) in [5.74, 6) is -0.110. The molecule has 1 fully saturated rings. The highest BCUT2D eigenvalue weighted by molar-refractivity contribution is 8.00. The molecule has 0 bridgehead atoms. The minimum Gasteiger partial charge on any atom is -0.383 e. The molecule has 0 spiro atoms. The van der Waals surface area contributed by atoms with E-state index in [-0.39, 0.29) is 23.0 Å². The van der Waals surface area contributed by atoms with E-state index in [9.17, 15) is 9.59 Å². The topological polar surface area (TPSA) is 98.2 Å². The van der Waals surface area contributed by atoms with Crippen molar-refractivity contribution in [2.45, 2.75) is 42.8 Å². The van der Waals surface area contributed by atoms with Crippen molar-refractivity contribution < 1.29 is 14.3 Å². The Kier molecular flexibility index (Phi) is 6.47. The summed E-state index contributed by atoms with van der Waals surface area (Å²) in [6.07, 6.45) is 1.99. The predicted molar refractivity (Wildman–Crippen MR) is 82.0 cm³/mol. The first-order chi connectivity index (χ1) is 10.6. The van der Waals surface area contributed by atoms with Gasteiger partial charge in [-0.2, -0.15) is 0 Å². The summed E-state index contributed by atoms with van der Waals surface area (Å²) >= 11 is 1.25. The minimum atomic E-state index is -0.352. The molecule has 8 nitrogen and oxygen atoms in total. The number of ether oxygens (including phenoxy) is 2. The molecule has 2 atom stereocenters. The van der Waals surface area contributed by atoms with Crippen molar-refractivity contribution in [3.63, 3.8) is 0 Å². The third-order valence-corrected chi connectivity index (χ3v) is 4.48. The number of H-pyrrole nitrogens is 1. The number of thioether (sulfide) groups is 1. The lowest BCUT2D eigenvalue weighted by molar-refractivity contribution is -0.120. The molecule has 9 heteroatoms. The van der Waals surface area contributed by atoms with E-state index in [4.69, 9.17) is 9.47 Å². The second-order valence-electron chi connectivity index (χ2n) is 5.10. The summed E-state index contributed by atoms with van der Waals surface area (Å²) in [6.45, 7) is 3.91. The molecule has 2 rings (SSSR count). The number of aromatic amines is 1. The van der Waals surface area contributed by atoms with Gasteiger partial charge in [-0.05, 0) is 19.8 Å². The number of aromatic nitrogens is 3. The highest BCUT2D eigenvalue weighted by Gasteiger charge is 2.22. The van der Waals surface area contributed by atoms with Gasteiger partial charge in [0, 0.05) is 20.3 Å². The van der Waals surface area contributed by atoms with Crippen molar-refractivity contribution in [3.05, 3.63) is 10.5 Å². The molecule has 1 aliphatic rings. The largest absolute Gasteiger partial charge is 0.383 e. The maximum absolute atomic E-state index is 11.9. The van der Waals surface area contributed by atoms with Crippen molar-refractivity contribution in [2.24, 2.45) is 0 Å². The van der Waals surface area contributed by atoms with Gasteiger partial charge >= 0.3 is 5.69 Å². The third-order valence-electron chi connectivity index (χ3n) is 3.39. The summed E-state index contributed by atoms with van der Waals surface area (Å²) in [5.41, 5.74) is -0.273. The highest BCUT2D eigenvalue weighted by atomic mass is 32.2. The molecule has 0 aliphatic carbocycles. The van der Waals surface area contributed by atoms with Gasteiger partial charge in [-0.3, -0.25) is 9.36 Å². The molecular formula is C13H22N4O4S. The third kappa shape index (κ3) is 4.59. The van der Waals surface area contributed by atoms with E-state index in [1.54, 1.807) is 18.6 Å². The van der Waals surface area contributed by atoms with Crippen LogP contribution in [-0.2, 0) is 20.8 Å². The molecule has 2 N–H and O–H groups in total. The van der Waals surface area contributed by atoms with Gasteiger partial charge in [0.2, 0.25) is 5.91 Å². The van der Waals surface area contributed by atoms with Gasteiger partial charge in [0.05, 0.1) is 24.5 Å². The normalized spacial score (nSPS) is 19.3. The first kappa shape index (κ1) is 17.0. The van der Waals surface area contributed by atoms with Crippen LogP contribution in [0.15, 0.2) is 9.95 Å². The summed E-state index contributed by atoms with van der Waals surface area (Å²) in [5, 5.41) is 9.37. The summed E-state index contributed by atoms with van der Waals surface area (Å²) in [4.78, 5) is 23.8. The average Bonchev–Trinajstić information content (AvgIpc) is 3.12. The van der Waals surface area contributed by atoms with Gasteiger partial charge in [0.25, 0.3) is 0 Å². The van der Waals surface area contributed by atoms with Gasteiger partial charge in [0.15, 0.2) is 5.16 Å². The lowest BCUT2D eigenvalue weighted by Crippen LogP contribution is -2.33. The van der Waals surface area contributed by atoms with Crippen LogP contribution in [0.5, 0.6) is 0 Å². The standard InChI is InChI=1S/C13H22N4O4S/c1-9(11(18)14-5-7-20-2)22-13-16-15-12(19)17(13)8-10-4-3-6-21-10/h9-10H,3-8H2,1-2H3,(H,14,18)(H,15,19)/t9-,10+/m1/s1. The Morgan fingerprint density at radius 3 is 3.18 bits per heavy atom. The second-order valence-corrected chi connectivity index (χ2v) is 6.41. The zero-order chi connectivity index (χ0) is 15.9. The second kappa shape index (κ2) is 8.35. The van der Waals surface area contributed by atoms with Gasteiger partial charge in [-0.15, -0.1) is 5.10 Å². The Balaban J connectivity index is 1.94. The van der Waals surface area contributed by atoms with E-state index in [1.807, 2.05) is 0 Å². The molecule has 1 amide bonds. The van der Waals surface area contributed by atoms with Crippen molar-refractivity contribution >= 4 is 17.7 Å². The number of hydrogen-bond donors (Lipinski definition) is 2. The van der Waals surface area contributed by atoms with Crippen LogP contribution in [0.4, 0.5) is 0 Å². The Morgan fingerprint density at radius 2 is 2.50 bits per heavy atom. The zero-order valence-electron chi connectivity index (χ0n) is 12.8. The number of carbonyl (C=O) groups is 1. The number of amides is 1. The van der Waals surface area contributed by atoms with Crippen molar-refractivity contribution in [3.8, 4) is 0 Å². The molecule has 0 saturated carbocycles. The Morgan fingerprint density at radius 1 is 1.68 bits per heavy atom. The van der Waals surface area contributed by atoms with E-state index < -0.39 is 0 Å². The van der Waals surface area contributed by atoms with Gasteiger partial charge < -0.3 is 14.8 Å². The fourth-order valence-electron chi connectivity index (χ4n) is 2.18. The summed E-state index contributed by atoms with van der Waals surface area (Å²) in [6, 6.07) is 0. The first-order valence-electron chi connectivity index (χ1n) is 7.32. The number of nitrogens with zero attached hydrogens (tertiary/aromatic N) is 2. The molecule has 1 aromatic heterocycles. The molecule has 1 saturated heterocycles. The molecule has 124 valence electrons. The molecule has 0 aromatic carbocycles. The molecule has 0 radical (unpaired) electrons. The fourth-order valence-corrected chi connectivity index (χ4v) is 3.07. The highest BCUT2D eigenvalue weighted by Crippen LogP contribution is 2.21. The van der Waals surface area contributed by atoms with Crippen LogP contribution in [0.2, 0.25) is 0 Å². The zero-order valence-corrected chi connectivity index (χ0v) is 13.6. The van der Waals surface area contributed by atoms with Crippen LogP contribution in [0.1, 0.15) is 19.8 Å². The minimum absolute atomic E-state index is 0.0421. The first-order valence-corrected chi connectivity index (χ1v) is 8.20. The molecule has 0 unspecified atom stereocenters. The maximum Gasteiger partial charge on any atom is 0.344 e. The Labute approximate surface area is 132 Å². The van der Waals surface area contributed by atoms with Crippen LogP contribution in [-0.4, -0.2) is 58.9 Å². The summed E-state index contributed by atoms with van der Waals surface area (Å²) in [7, 11) is 1.58. The summed E-state index contributed by atoms with van der Waals surface area (Å²) < 4.78 is 12.0. The molecule has 2 heterocycles. The van der Waals surface area contributed by atoms with Crippen LogP contribution in [0, 0.1) is 0 Å². The van der Waals surface area contributed by atoms with E-state index in [2.05, 4.69) is 15.5 Å². The van der Waals surface area contributed by atoms with Gasteiger partial charge in [0.1, 0.15) is 0 Å². The van der Waals surface area contributed by atoms with Crippen molar-refractivity contribution in [2.75, 3.05) is 26.9 Å². The van der Waals surface area contributed by atoms with Crippen LogP contribution < -0.4 is 11.0 Å². The number of methoxy groups -OCH3 is 1. The predicted octanol–water partition coefficient (Wildman–Crippen LogP) is -0.00640. The molecule has 22 heavy (non-hydrogen) atoms. The fraction of sp³-hybridized carbons (Fsp3) is 0.769. The van der Waals surface area contributed by atoms with Crippen LogP contribution in [0.3, 0.4) is 0 Å². The average molecular weight is 330 g/mol. The SMILES string of the molecule is COCCNC(=O)[C@@H](C)Sc1n[nH]c(=O)n1C[C@@H]1CCCO1. The van der Waals surface area contributed by atoms with E-state index in [1.165, 1.54) is 11.8 Å². The Bertz CT molecular complexity index is 538. The Hall–Kier alpha value is -1.32. The maximum atomic E-state index is 11.9. The number of nitrogens with one attached hydrogen (secondary N) is 2. The molecule has 1 aromatic rings. The quantitative estimate of drug-likeness (QED) is 0.514. The number of rotatable bonds is 8. The molecular weight excluding hydrogens is 308 g/mol. The van der Waals surface area contributed by atoms with Crippen LogP contribution >= 0.6 is 11.8 Å². The van der Waals surface area contributed by atoms with Gasteiger partial charge in [-0.1, -0.05) is 11.8 Å². The van der Waals surface area contributed by atoms with Crippen LogP contribution in [0.25, 0.3) is 0 Å². The lowest BCUT2D eigenvalue weighted by atomic mass is 10.2. The van der Waals surface area contributed by atoms with E-state index >= 15 is 0 Å². The van der Waals surface area contributed by atoms with Crippen molar-refractivity contribution in [1.82, 2.24) is 20.1 Å². The smallest absolute Gasteiger partial charge is 0.344 e. The monoisotopic (exact) mass is 330 g/mol. The lowest BCUT2D eigenvalue weighted by Gasteiger charge is -2.14. The number of hydrogen-bond acceptors (Lipinski definition) is 6. The van der Waals surface area contributed by atoms with Crippen molar-refractivity contribution in [1.29, 1.82) is 0 Å². The van der Waals surface area contributed by atoms with E-state index in [0.717, 1.165) is 19.4 Å². The van der Waals surface area contributed by atoms with Gasteiger partial charge in [-0.25, -0.2) is 9.89 Å². The van der Waals surface area contributed by atoms with E-state index in [0.29, 0.717) is 24.9 Å².